The maximum atomic E-state index is 11.9. The van der Waals surface area contributed by atoms with Crippen LogP contribution in [0, 0.1) is 16.4 Å². The minimum Gasteiger partial charge on any atom is -0.352 e. The molecule has 1 aromatic rings. The molecule has 4 heteroatoms. The van der Waals surface area contributed by atoms with E-state index in [4.69, 9.17) is 0 Å². The van der Waals surface area contributed by atoms with Crippen molar-refractivity contribution in [3.63, 3.8) is 0 Å². The van der Waals surface area contributed by atoms with E-state index in [9.17, 15) is 4.79 Å². The van der Waals surface area contributed by atoms with Crippen molar-refractivity contribution in [2.24, 2.45) is 5.92 Å². The Bertz CT molecular complexity index is 402. The second kappa shape index (κ2) is 5.14. The minimum atomic E-state index is 0.0417. The zero-order chi connectivity index (χ0) is 11.5. The number of carbonyl (C=O) groups excluding carboxylic acids is 1. The van der Waals surface area contributed by atoms with Crippen molar-refractivity contribution in [2.45, 2.75) is 6.92 Å². The van der Waals surface area contributed by atoms with Crippen molar-refractivity contribution < 1.29 is 4.79 Å². The molecule has 1 fully saturated rings. The van der Waals surface area contributed by atoms with Crippen molar-refractivity contribution in [1.82, 2.24) is 10.6 Å². The fourth-order valence-electron chi connectivity index (χ4n) is 1.64. The van der Waals surface area contributed by atoms with Gasteiger partial charge in [-0.25, -0.2) is 0 Å². The monoisotopic (exact) mass is 330 g/mol. The van der Waals surface area contributed by atoms with Gasteiger partial charge in [0.05, 0.1) is 5.56 Å². The second-order valence-corrected chi connectivity index (χ2v) is 5.38. The normalized spacial score (nSPS) is 15.6. The molecule has 0 bridgehead atoms. The summed E-state index contributed by atoms with van der Waals surface area (Å²) in [5, 5.41) is 6.18. The molecule has 86 valence electrons. The minimum absolute atomic E-state index is 0.0417. The van der Waals surface area contributed by atoms with E-state index >= 15 is 0 Å². The summed E-state index contributed by atoms with van der Waals surface area (Å²) in [6.07, 6.45) is 0. The number of aryl methyl sites for hydroxylation is 1. The van der Waals surface area contributed by atoms with Crippen LogP contribution in [0.15, 0.2) is 18.2 Å². The highest BCUT2D eigenvalue weighted by Gasteiger charge is 2.18. The molecular formula is C12H15IN2O. The maximum absolute atomic E-state index is 11.9. The van der Waals surface area contributed by atoms with Crippen molar-refractivity contribution in [2.75, 3.05) is 19.6 Å². The van der Waals surface area contributed by atoms with Crippen LogP contribution >= 0.6 is 22.6 Å². The molecule has 0 aliphatic carbocycles. The summed E-state index contributed by atoms with van der Waals surface area (Å²) in [5.41, 5.74) is 1.91. The molecule has 2 N–H and O–H groups in total. The number of carbonyl (C=O) groups is 1. The molecule has 0 atom stereocenters. The number of rotatable bonds is 3. The summed E-state index contributed by atoms with van der Waals surface area (Å²) in [6, 6.07) is 5.94. The number of halogens is 1. The Labute approximate surface area is 109 Å². The van der Waals surface area contributed by atoms with E-state index in [1.807, 2.05) is 25.1 Å². The number of hydrogen-bond acceptors (Lipinski definition) is 2. The third-order valence-electron chi connectivity index (χ3n) is 2.78. The van der Waals surface area contributed by atoms with Gasteiger partial charge < -0.3 is 10.6 Å². The summed E-state index contributed by atoms with van der Waals surface area (Å²) < 4.78 is 1.01. The molecule has 1 amide bonds. The van der Waals surface area contributed by atoms with Crippen LogP contribution in [0.2, 0.25) is 0 Å². The Balaban J connectivity index is 1.99. The van der Waals surface area contributed by atoms with Crippen LogP contribution < -0.4 is 10.6 Å². The lowest BCUT2D eigenvalue weighted by Gasteiger charge is -2.27. The highest BCUT2D eigenvalue weighted by molar-refractivity contribution is 14.1. The van der Waals surface area contributed by atoms with Crippen molar-refractivity contribution in [3.8, 4) is 0 Å². The van der Waals surface area contributed by atoms with Gasteiger partial charge in [-0.05, 0) is 41.6 Å². The summed E-state index contributed by atoms with van der Waals surface area (Å²) in [6.45, 7) is 4.81. The van der Waals surface area contributed by atoms with E-state index in [0.29, 0.717) is 5.92 Å². The lowest BCUT2D eigenvalue weighted by atomic mass is 10.0. The van der Waals surface area contributed by atoms with Crippen LogP contribution in [0.1, 0.15) is 15.9 Å². The fraction of sp³-hybridized carbons (Fsp3) is 0.417. The number of hydrogen-bond donors (Lipinski definition) is 2. The first-order valence-electron chi connectivity index (χ1n) is 5.42. The molecule has 0 unspecified atom stereocenters. The molecule has 1 aliphatic heterocycles. The van der Waals surface area contributed by atoms with E-state index in [-0.39, 0.29) is 5.91 Å². The molecule has 16 heavy (non-hydrogen) atoms. The quantitative estimate of drug-likeness (QED) is 0.826. The van der Waals surface area contributed by atoms with Gasteiger partial charge in [0, 0.05) is 29.1 Å². The SMILES string of the molecule is Cc1ccc(I)c(C(=O)NCC2CNC2)c1. The molecule has 0 radical (unpaired) electrons. The Kier molecular flexibility index (Phi) is 3.81. The summed E-state index contributed by atoms with van der Waals surface area (Å²) in [5.74, 6) is 0.645. The first-order chi connectivity index (χ1) is 7.66. The highest BCUT2D eigenvalue weighted by Crippen LogP contribution is 2.14. The molecule has 0 spiro atoms. The van der Waals surface area contributed by atoms with E-state index < -0.39 is 0 Å². The summed E-state index contributed by atoms with van der Waals surface area (Å²) in [4.78, 5) is 11.9. The third-order valence-corrected chi connectivity index (χ3v) is 3.72. The molecule has 2 rings (SSSR count). The molecule has 1 aromatic carbocycles. The lowest BCUT2D eigenvalue weighted by molar-refractivity contribution is 0.0941. The van der Waals surface area contributed by atoms with Gasteiger partial charge in [0.2, 0.25) is 0 Å². The van der Waals surface area contributed by atoms with E-state index in [0.717, 1.165) is 34.3 Å². The smallest absolute Gasteiger partial charge is 0.252 e. The first kappa shape index (κ1) is 11.9. The van der Waals surface area contributed by atoms with Crippen LogP contribution in [0.25, 0.3) is 0 Å². The fourth-order valence-corrected chi connectivity index (χ4v) is 2.22. The van der Waals surface area contributed by atoms with Crippen molar-refractivity contribution in [1.29, 1.82) is 0 Å². The zero-order valence-corrected chi connectivity index (χ0v) is 11.4. The van der Waals surface area contributed by atoms with Gasteiger partial charge in [0.15, 0.2) is 0 Å². The Hall–Kier alpha value is -0.620. The van der Waals surface area contributed by atoms with Gasteiger partial charge in [0.1, 0.15) is 0 Å². The van der Waals surface area contributed by atoms with Crippen LogP contribution in [-0.4, -0.2) is 25.5 Å². The summed E-state index contributed by atoms with van der Waals surface area (Å²) >= 11 is 2.20. The molecule has 1 aliphatic rings. The largest absolute Gasteiger partial charge is 0.352 e. The van der Waals surface area contributed by atoms with Crippen molar-refractivity contribution in [3.05, 3.63) is 32.9 Å². The van der Waals surface area contributed by atoms with Gasteiger partial charge in [0.25, 0.3) is 5.91 Å². The topological polar surface area (TPSA) is 41.1 Å². The van der Waals surface area contributed by atoms with E-state index in [1.54, 1.807) is 0 Å². The Morgan fingerprint density at radius 3 is 2.94 bits per heavy atom. The summed E-state index contributed by atoms with van der Waals surface area (Å²) in [7, 11) is 0. The number of amides is 1. The molecular weight excluding hydrogens is 315 g/mol. The Morgan fingerprint density at radius 2 is 2.31 bits per heavy atom. The van der Waals surface area contributed by atoms with Crippen molar-refractivity contribution >= 4 is 28.5 Å². The van der Waals surface area contributed by atoms with E-state index in [2.05, 4.69) is 33.2 Å². The average Bonchev–Trinajstić information content (AvgIpc) is 2.19. The van der Waals surface area contributed by atoms with Gasteiger partial charge in [-0.15, -0.1) is 0 Å². The molecule has 0 saturated carbocycles. The van der Waals surface area contributed by atoms with Gasteiger partial charge in [-0.3, -0.25) is 4.79 Å². The standard InChI is InChI=1S/C12H15IN2O/c1-8-2-3-11(13)10(4-8)12(16)15-7-9-5-14-6-9/h2-4,9,14H,5-7H2,1H3,(H,15,16). The molecule has 3 nitrogen and oxygen atoms in total. The molecule has 0 aromatic heterocycles. The lowest BCUT2D eigenvalue weighted by Crippen LogP contribution is -2.48. The van der Waals surface area contributed by atoms with Crippen LogP contribution in [0.4, 0.5) is 0 Å². The van der Waals surface area contributed by atoms with Crippen LogP contribution in [0.3, 0.4) is 0 Å². The Morgan fingerprint density at radius 1 is 1.56 bits per heavy atom. The maximum Gasteiger partial charge on any atom is 0.252 e. The van der Waals surface area contributed by atoms with Gasteiger partial charge in [-0.1, -0.05) is 11.6 Å². The predicted molar refractivity (Wildman–Crippen MR) is 72.6 cm³/mol. The van der Waals surface area contributed by atoms with Crippen LogP contribution in [0.5, 0.6) is 0 Å². The molecule has 1 heterocycles. The second-order valence-electron chi connectivity index (χ2n) is 4.22. The number of benzene rings is 1. The van der Waals surface area contributed by atoms with Crippen LogP contribution in [-0.2, 0) is 0 Å². The van der Waals surface area contributed by atoms with E-state index in [1.165, 1.54) is 0 Å². The average molecular weight is 330 g/mol. The highest BCUT2D eigenvalue weighted by atomic mass is 127. The number of nitrogens with one attached hydrogen (secondary N) is 2. The zero-order valence-electron chi connectivity index (χ0n) is 9.22. The van der Waals surface area contributed by atoms with Gasteiger partial charge in [-0.2, -0.15) is 0 Å². The van der Waals surface area contributed by atoms with Gasteiger partial charge >= 0.3 is 0 Å². The third kappa shape index (κ3) is 2.74. The molecule has 1 saturated heterocycles. The first-order valence-corrected chi connectivity index (χ1v) is 6.50. The predicted octanol–water partition coefficient (Wildman–Crippen LogP) is 1.55.